The first-order valence-electron chi connectivity index (χ1n) is 5.32. The van der Waals surface area contributed by atoms with Gasteiger partial charge in [-0.3, -0.25) is 14.9 Å². The molecule has 0 heterocycles. The molecule has 1 aromatic rings. The summed E-state index contributed by atoms with van der Waals surface area (Å²) < 4.78 is 4.88. The van der Waals surface area contributed by atoms with Gasteiger partial charge in [-0.15, -0.1) is 12.3 Å². The number of ether oxygens (including phenoxy) is 1. The largest absolute Gasteiger partial charge is 0.496 e. The summed E-state index contributed by atoms with van der Waals surface area (Å²) in [7, 11) is 1.39. The minimum Gasteiger partial charge on any atom is -0.496 e. The molecule has 100 valence electrons. The molecule has 0 bridgehead atoms. The Morgan fingerprint density at radius 2 is 2.37 bits per heavy atom. The standard InChI is InChI=1S/C12H13N3O4/c1-3-4-9(13)12(16)14-10-6-5-8(19-2)7-11(10)15(17)18/h1,5-7,9H,4,13H2,2H3,(H,14,16). The molecule has 1 aromatic carbocycles. The van der Waals surface area contributed by atoms with Gasteiger partial charge < -0.3 is 15.8 Å². The summed E-state index contributed by atoms with van der Waals surface area (Å²) in [6.45, 7) is 0. The van der Waals surface area contributed by atoms with E-state index >= 15 is 0 Å². The Morgan fingerprint density at radius 1 is 1.68 bits per heavy atom. The Bertz CT molecular complexity index is 536. The Labute approximate surface area is 109 Å². The fraction of sp³-hybridized carbons (Fsp3) is 0.250. The molecule has 7 heteroatoms. The maximum Gasteiger partial charge on any atom is 0.296 e. The maximum atomic E-state index is 11.6. The minimum absolute atomic E-state index is 0.0447. The molecular weight excluding hydrogens is 250 g/mol. The summed E-state index contributed by atoms with van der Waals surface area (Å²) >= 11 is 0. The van der Waals surface area contributed by atoms with E-state index in [1.54, 1.807) is 0 Å². The van der Waals surface area contributed by atoms with Crippen molar-refractivity contribution in [3.63, 3.8) is 0 Å². The Hall–Kier alpha value is -2.59. The number of nitro benzene ring substituents is 1. The number of carbonyl (C=O) groups is 1. The molecule has 1 unspecified atom stereocenters. The highest BCUT2D eigenvalue weighted by Gasteiger charge is 2.19. The number of nitrogens with one attached hydrogen (secondary N) is 1. The van der Waals surface area contributed by atoms with Gasteiger partial charge in [0.2, 0.25) is 5.91 Å². The molecule has 0 aromatic heterocycles. The number of rotatable bonds is 5. The van der Waals surface area contributed by atoms with Crippen LogP contribution in [0.1, 0.15) is 6.42 Å². The highest BCUT2D eigenvalue weighted by atomic mass is 16.6. The molecular formula is C12H13N3O4. The van der Waals surface area contributed by atoms with Crippen molar-refractivity contribution in [1.82, 2.24) is 0 Å². The number of hydrogen-bond acceptors (Lipinski definition) is 5. The van der Waals surface area contributed by atoms with Crippen LogP contribution in [-0.2, 0) is 4.79 Å². The maximum absolute atomic E-state index is 11.6. The molecule has 0 spiro atoms. The first-order chi connectivity index (χ1) is 8.99. The number of benzene rings is 1. The third kappa shape index (κ3) is 3.69. The monoisotopic (exact) mass is 263 g/mol. The fourth-order valence-corrected chi connectivity index (χ4v) is 1.34. The molecule has 0 aliphatic heterocycles. The first kappa shape index (κ1) is 14.5. The van der Waals surface area contributed by atoms with E-state index in [1.165, 1.54) is 25.3 Å². The quantitative estimate of drug-likeness (QED) is 0.466. The van der Waals surface area contributed by atoms with Gasteiger partial charge in [0.25, 0.3) is 5.69 Å². The second-order valence-corrected chi connectivity index (χ2v) is 3.64. The van der Waals surface area contributed by atoms with E-state index < -0.39 is 16.9 Å². The molecule has 1 atom stereocenters. The van der Waals surface area contributed by atoms with Crippen LogP contribution in [-0.4, -0.2) is 24.0 Å². The molecule has 0 radical (unpaired) electrons. The lowest BCUT2D eigenvalue weighted by Gasteiger charge is -2.10. The van der Waals surface area contributed by atoms with Gasteiger partial charge in [-0.25, -0.2) is 0 Å². The predicted molar refractivity (Wildman–Crippen MR) is 69.7 cm³/mol. The minimum atomic E-state index is -0.910. The van der Waals surface area contributed by atoms with Crippen molar-refractivity contribution in [1.29, 1.82) is 0 Å². The van der Waals surface area contributed by atoms with Crippen LogP contribution in [0.25, 0.3) is 0 Å². The van der Waals surface area contributed by atoms with Crippen LogP contribution in [0.3, 0.4) is 0 Å². The summed E-state index contributed by atoms with van der Waals surface area (Å²) in [5.41, 5.74) is 5.28. The Balaban J connectivity index is 2.98. The van der Waals surface area contributed by atoms with E-state index in [4.69, 9.17) is 16.9 Å². The number of amides is 1. The predicted octanol–water partition coefficient (Wildman–Crippen LogP) is 0.892. The second kappa shape index (κ2) is 6.37. The van der Waals surface area contributed by atoms with E-state index in [9.17, 15) is 14.9 Å². The molecule has 7 nitrogen and oxygen atoms in total. The molecule has 0 fully saturated rings. The van der Waals surface area contributed by atoms with Crippen LogP contribution < -0.4 is 15.8 Å². The highest BCUT2D eigenvalue weighted by Crippen LogP contribution is 2.28. The van der Waals surface area contributed by atoms with E-state index in [-0.39, 0.29) is 17.8 Å². The van der Waals surface area contributed by atoms with Gasteiger partial charge in [-0.05, 0) is 12.1 Å². The topological polar surface area (TPSA) is 107 Å². The van der Waals surface area contributed by atoms with E-state index in [2.05, 4.69) is 11.2 Å². The Kier molecular flexibility index (Phi) is 4.85. The van der Waals surface area contributed by atoms with Crippen LogP contribution >= 0.6 is 0 Å². The molecule has 0 saturated carbocycles. The van der Waals surface area contributed by atoms with E-state index in [0.717, 1.165) is 0 Å². The van der Waals surface area contributed by atoms with E-state index in [0.29, 0.717) is 5.75 Å². The van der Waals surface area contributed by atoms with Crippen molar-refractivity contribution in [2.45, 2.75) is 12.5 Å². The van der Waals surface area contributed by atoms with Crippen molar-refractivity contribution in [2.24, 2.45) is 5.73 Å². The van der Waals surface area contributed by atoms with Crippen LogP contribution in [0, 0.1) is 22.5 Å². The summed E-state index contributed by atoms with van der Waals surface area (Å²) in [5, 5.41) is 13.3. The number of anilines is 1. The third-order valence-electron chi connectivity index (χ3n) is 2.33. The zero-order valence-electron chi connectivity index (χ0n) is 10.3. The summed E-state index contributed by atoms with van der Waals surface area (Å²) in [6, 6.07) is 3.17. The molecule has 0 aliphatic rings. The average Bonchev–Trinajstić information content (AvgIpc) is 2.39. The van der Waals surface area contributed by atoms with Crippen molar-refractivity contribution < 1.29 is 14.5 Å². The molecule has 0 saturated heterocycles. The lowest BCUT2D eigenvalue weighted by atomic mass is 10.2. The smallest absolute Gasteiger partial charge is 0.296 e. The molecule has 0 aliphatic carbocycles. The number of nitrogens with zero attached hydrogens (tertiary/aromatic N) is 1. The van der Waals surface area contributed by atoms with Gasteiger partial charge in [0.05, 0.1) is 24.1 Å². The molecule has 1 rings (SSSR count). The van der Waals surface area contributed by atoms with Gasteiger partial charge in [0.15, 0.2) is 0 Å². The number of nitro groups is 1. The summed E-state index contributed by atoms with van der Waals surface area (Å²) in [4.78, 5) is 21.9. The number of terminal acetylenes is 1. The van der Waals surface area contributed by atoms with E-state index in [1.807, 2.05) is 0 Å². The first-order valence-corrected chi connectivity index (χ1v) is 5.32. The van der Waals surface area contributed by atoms with Gasteiger partial charge in [0.1, 0.15) is 11.4 Å². The SMILES string of the molecule is C#CCC(N)C(=O)Nc1ccc(OC)cc1[N+](=O)[O-]. The zero-order valence-corrected chi connectivity index (χ0v) is 10.3. The molecule has 1 amide bonds. The molecule has 3 N–H and O–H groups in total. The third-order valence-corrected chi connectivity index (χ3v) is 2.33. The average molecular weight is 263 g/mol. The van der Waals surface area contributed by atoms with Crippen LogP contribution in [0.5, 0.6) is 5.75 Å². The van der Waals surface area contributed by atoms with Gasteiger partial charge in [-0.1, -0.05) is 0 Å². The van der Waals surface area contributed by atoms with Gasteiger partial charge >= 0.3 is 0 Å². The zero-order chi connectivity index (χ0) is 14.4. The lowest BCUT2D eigenvalue weighted by molar-refractivity contribution is -0.384. The fourth-order valence-electron chi connectivity index (χ4n) is 1.34. The summed E-state index contributed by atoms with van der Waals surface area (Å²) in [6.07, 6.45) is 5.09. The van der Waals surface area contributed by atoms with Crippen molar-refractivity contribution in [3.8, 4) is 18.1 Å². The van der Waals surface area contributed by atoms with Crippen molar-refractivity contribution >= 4 is 17.3 Å². The number of carbonyl (C=O) groups excluding carboxylic acids is 1. The number of hydrogen-bond donors (Lipinski definition) is 2. The van der Waals surface area contributed by atoms with Crippen molar-refractivity contribution in [3.05, 3.63) is 28.3 Å². The normalized spacial score (nSPS) is 11.2. The molecule has 19 heavy (non-hydrogen) atoms. The number of nitrogens with two attached hydrogens (primary N) is 1. The lowest BCUT2D eigenvalue weighted by Crippen LogP contribution is -2.35. The van der Waals surface area contributed by atoms with Crippen LogP contribution in [0.15, 0.2) is 18.2 Å². The summed E-state index contributed by atoms with van der Waals surface area (Å²) in [5.74, 6) is 1.99. The van der Waals surface area contributed by atoms with Gasteiger partial charge in [-0.2, -0.15) is 0 Å². The van der Waals surface area contributed by atoms with Gasteiger partial charge in [0, 0.05) is 6.42 Å². The second-order valence-electron chi connectivity index (χ2n) is 3.64. The Morgan fingerprint density at radius 3 is 2.89 bits per heavy atom. The van der Waals surface area contributed by atoms with Crippen LogP contribution in [0.2, 0.25) is 0 Å². The number of methoxy groups -OCH3 is 1. The highest BCUT2D eigenvalue weighted by molar-refractivity contribution is 5.96. The van der Waals surface area contributed by atoms with Crippen LogP contribution in [0.4, 0.5) is 11.4 Å². The van der Waals surface area contributed by atoms with Crippen molar-refractivity contribution in [2.75, 3.05) is 12.4 Å².